The van der Waals surface area contributed by atoms with Gasteiger partial charge in [-0.2, -0.15) is 12.6 Å². The minimum absolute atomic E-state index is 0.133. The van der Waals surface area contributed by atoms with E-state index in [1.54, 1.807) is 36.7 Å². The highest BCUT2D eigenvalue weighted by Gasteiger charge is 2.15. The van der Waals surface area contributed by atoms with Gasteiger partial charge in [-0.25, -0.2) is 0 Å². The van der Waals surface area contributed by atoms with Gasteiger partial charge in [0.15, 0.2) is 0 Å². The molecule has 2 aromatic heterocycles. The highest BCUT2D eigenvalue weighted by atomic mass is 33.1. The van der Waals surface area contributed by atoms with Crippen molar-refractivity contribution in [2.45, 2.75) is 43.4 Å². The third kappa shape index (κ3) is 10.6. The molecule has 3 rings (SSSR count). The second-order valence-electron chi connectivity index (χ2n) is 8.56. The number of hydrogen-bond donors (Lipinski definition) is 4. The molecule has 2 heterocycles. The number of rotatable bonds is 14. The molecule has 8 nitrogen and oxygen atoms in total. The molecule has 0 spiro atoms. The average molecular weight is 612 g/mol. The van der Waals surface area contributed by atoms with E-state index in [1.807, 2.05) is 21.6 Å². The van der Waals surface area contributed by atoms with Gasteiger partial charge in [0.1, 0.15) is 0 Å². The largest absolute Gasteiger partial charge is 0.351 e. The zero-order valence-electron chi connectivity index (χ0n) is 21.0. The number of thiol groups is 1. The molecule has 1 fully saturated rings. The fourth-order valence-electron chi connectivity index (χ4n) is 3.58. The summed E-state index contributed by atoms with van der Waals surface area (Å²) in [6, 6.07) is 6.03. The highest BCUT2D eigenvalue weighted by molar-refractivity contribution is 8.82. The molecule has 13 heteroatoms. The molecule has 0 unspecified atom stereocenters. The molecule has 206 valence electrons. The van der Waals surface area contributed by atoms with E-state index in [2.05, 4.69) is 33.2 Å². The Labute approximate surface area is 245 Å². The van der Waals surface area contributed by atoms with Crippen molar-refractivity contribution < 1.29 is 14.4 Å². The summed E-state index contributed by atoms with van der Waals surface area (Å²) in [4.78, 5) is 45.6. The SMILES string of the molecule is N[C@@H](CS)C(=O)SSCCNC(=O)c1ccnc(-c2cc(C(=O)NCCSSC3CCCCC3)ccn2)c1. The van der Waals surface area contributed by atoms with Gasteiger partial charge in [0.2, 0.25) is 5.12 Å². The third-order valence-corrected chi connectivity index (χ3v) is 11.3. The maximum absolute atomic E-state index is 12.7. The Morgan fingerprint density at radius 3 is 2.03 bits per heavy atom. The van der Waals surface area contributed by atoms with E-state index in [0.29, 0.717) is 47.1 Å². The van der Waals surface area contributed by atoms with Crippen LogP contribution in [0.5, 0.6) is 0 Å². The van der Waals surface area contributed by atoms with Crippen LogP contribution in [0, 0.1) is 0 Å². The van der Waals surface area contributed by atoms with E-state index in [-0.39, 0.29) is 16.9 Å². The maximum Gasteiger partial charge on any atom is 0.251 e. The van der Waals surface area contributed by atoms with E-state index in [1.165, 1.54) is 42.9 Å². The summed E-state index contributed by atoms with van der Waals surface area (Å²) >= 11 is 4.02. The van der Waals surface area contributed by atoms with Gasteiger partial charge in [0.25, 0.3) is 11.8 Å². The smallest absolute Gasteiger partial charge is 0.251 e. The molecule has 1 aliphatic rings. The van der Waals surface area contributed by atoms with E-state index >= 15 is 0 Å². The standard InChI is InChI=1S/C25H33N5O3S5/c26-20(16-34)25(33)38-36-13-11-30-24(32)18-7-9-28-22(15-18)21-14-17(6-8-27-21)23(31)29-10-12-35-37-19-4-2-1-3-5-19/h6-9,14-15,19-20,34H,1-5,10-13,16,26H2,(H,29,31)(H,30,32)/t20-/m0/s1. The van der Waals surface area contributed by atoms with Gasteiger partial charge < -0.3 is 16.4 Å². The molecule has 0 aliphatic heterocycles. The topological polar surface area (TPSA) is 127 Å². The van der Waals surface area contributed by atoms with Crippen molar-refractivity contribution in [3.63, 3.8) is 0 Å². The number of amides is 2. The lowest BCUT2D eigenvalue weighted by Crippen LogP contribution is -2.29. The van der Waals surface area contributed by atoms with Crippen molar-refractivity contribution in [3.05, 3.63) is 47.8 Å². The van der Waals surface area contributed by atoms with Crippen LogP contribution in [0.2, 0.25) is 0 Å². The number of nitrogens with zero attached hydrogens (tertiary/aromatic N) is 2. The Morgan fingerprint density at radius 1 is 0.921 bits per heavy atom. The molecule has 0 saturated heterocycles. The maximum atomic E-state index is 12.7. The fraction of sp³-hybridized carbons (Fsp3) is 0.480. The Bertz CT molecular complexity index is 1070. The van der Waals surface area contributed by atoms with Crippen LogP contribution in [0.4, 0.5) is 0 Å². The number of nitrogens with two attached hydrogens (primary N) is 1. The molecule has 1 saturated carbocycles. The van der Waals surface area contributed by atoms with Gasteiger partial charge in [-0.3, -0.25) is 24.4 Å². The first kappa shape index (κ1) is 31.2. The quantitative estimate of drug-likeness (QED) is 0.138. The van der Waals surface area contributed by atoms with Crippen LogP contribution in [-0.2, 0) is 4.79 Å². The van der Waals surface area contributed by atoms with Gasteiger partial charge >= 0.3 is 0 Å². The Hall–Kier alpha value is -1.38. The molecule has 1 aliphatic carbocycles. The van der Waals surface area contributed by atoms with E-state index in [9.17, 15) is 14.4 Å². The van der Waals surface area contributed by atoms with Gasteiger partial charge in [-0.1, -0.05) is 51.6 Å². The number of aromatic nitrogens is 2. The molecule has 0 aromatic carbocycles. The minimum atomic E-state index is -0.590. The molecule has 0 bridgehead atoms. The molecule has 2 amide bonds. The van der Waals surface area contributed by atoms with Crippen LogP contribution in [0.1, 0.15) is 52.8 Å². The summed E-state index contributed by atoms with van der Waals surface area (Å²) in [5.74, 6) is 1.30. The van der Waals surface area contributed by atoms with Gasteiger partial charge in [0.05, 0.1) is 17.4 Å². The number of carbonyl (C=O) groups excluding carboxylic acids is 3. The van der Waals surface area contributed by atoms with Crippen molar-refractivity contribution in [2.75, 3.05) is 30.3 Å². The monoisotopic (exact) mass is 611 g/mol. The minimum Gasteiger partial charge on any atom is -0.351 e. The normalized spacial score (nSPS) is 14.6. The Kier molecular flexibility index (Phi) is 14.2. The van der Waals surface area contributed by atoms with Gasteiger partial charge in [0, 0.05) is 59.1 Å². The summed E-state index contributed by atoms with van der Waals surface area (Å²) in [5.41, 5.74) is 7.59. The van der Waals surface area contributed by atoms with Crippen LogP contribution < -0.4 is 16.4 Å². The van der Waals surface area contributed by atoms with Crippen LogP contribution in [0.3, 0.4) is 0 Å². The number of carbonyl (C=O) groups is 3. The lowest BCUT2D eigenvalue weighted by Gasteiger charge is -2.20. The molecule has 1 atom stereocenters. The van der Waals surface area contributed by atoms with E-state index < -0.39 is 6.04 Å². The second-order valence-corrected chi connectivity index (χ2v) is 14.1. The number of hydrogen-bond acceptors (Lipinski definition) is 11. The fourth-order valence-corrected chi connectivity index (χ4v) is 8.38. The summed E-state index contributed by atoms with van der Waals surface area (Å²) < 4.78 is 0. The number of pyridine rings is 2. The summed E-state index contributed by atoms with van der Waals surface area (Å²) in [6.45, 7) is 0.991. The van der Waals surface area contributed by atoms with Crippen LogP contribution in [0.25, 0.3) is 11.4 Å². The zero-order chi connectivity index (χ0) is 27.2. The number of nitrogens with one attached hydrogen (secondary N) is 2. The lowest BCUT2D eigenvalue weighted by molar-refractivity contribution is -0.111. The lowest BCUT2D eigenvalue weighted by atomic mass is 10.0. The van der Waals surface area contributed by atoms with E-state index in [0.717, 1.165) is 21.8 Å². The van der Waals surface area contributed by atoms with Crippen molar-refractivity contribution >= 4 is 72.7 Å². The summed E-state index contributed by atoms with van der Waals surface area (Å²) in [6.07, 6.45) is 9.73. The Morgan fingerprint density at radius 2 is 1.47 bits per heavy atom. The Balaban J connectivity index is 1.44. The highest BCUT2D eigenvalue weighted by Crippen LogP contribution is 2.35. The summed E-state index contributed by atoms with van der Waals surface area (Å²) in [7, 11) is 6.19. The van der Waals surface area contributed by atoms with Gasteiger partial charge in [-0.15, -0.1) is 0 Å². The molecular formula is C25H33N5O3S5. The van der Waals surface area contributed by atoms with Crippen molar-refractivity contribution in [1.82, 2.24) is 20.6 Å². The third-order valence-electron chi connectivity index (χ3n) is 5.65. The molecule has 4 N–H and O–H groups in total. The first-order chi connectivity index (χ1) is 18.5. The van der Waals surface area contributed by atoms with E-state index in [4.69, 9.17) is 5.73 Å². The van der Waals surface area contributed by atoms with Crippen LogP contribution >= 0.6 is 55.8 Å². The molecule has 2 aromatic rings. The molecule has 38 heavy (non-hydrogen) atoms. The zero-order valence-corrected chi connectivity index (χ0v) is 25.1. The summed E-state index contributed by atoms with van der Waals surface area (Å²) in [5, 5.41) is 6.42. The molecular weight excluding hydrogens is 579 g/mol. The average Bonchev–Trinajstić information content (AvgIpc) is 2.96. The first-order valence-electron chi connectivity index (χ1n) is 12.4. The van der Waals surface area contributed by atoms with Crippen molar-refractivity contribution in [2.24, 2.45) is 5.73 Å². The van der Waals surface area contributed by atoms with Crippen molar-refractivity contribution in [3.8, 4) is 11.4 Å². The second kappa shape index (κ2) is 17.3. The van der Waals surface area contributed by atoms with Crippen LogP contribution in [0.15, 0.2) is 36.7 Å². The van der Waals surface area contributed by atoms with Crippen molar-refractivity contribution in [1.29, 1.82) is 0 Å². The first-order valence-corrected chi connectivity index (χ1v) is 17.8. The predicted molar refractivity (Wildman–Crippen MR) is 166 cm³/mol. The van der Waals surface area contributed by atoms with Crippen LogP contribution in [-0.4, -0.2) is 68.5 Å². The predicted octanol–water partition coefficient (Wildman–Crippen LogP) is 4.48. The molecule has 0 radical (unpaired) electrons. The van der Waals surface area contributed by atoms with Gasteiger partial charge in [-0.05, 0) is 47.9 Å².